The Balaban J connectivity index is 2.36. The molecule has 2 rings (SSSR count). The summed E-state index contributed by atoms with van der Waals surface area (Å²) in [5.74, 6) is -0.440. The monoisotopic (exact) mass is 249 g/mol. The zero-order valence-corrected chi connectivity index (χ0v) is 10.7. The van der Waals surface area contributed by atoms with Gasteiger partial charge in [-0.05, 0) is 32.0 Å². The molecule has 5 nitrogen and oxygen atoms in total. The van der Waals surface area contributed by atoms with Gasteiger partial charge in [-0.3, -0.25) is 4.79 Å². The van der Waals surface area contributed by atoms with Gasteiger partial charge in [0.1, 0.15) is 0 Å². The van der Waals surface area contributed by atoms with Gasteiger partial charge in [0.25, 0.3) is 0 Å². The van der Waals surface area contributed by atoms with Gasteiger partial charge in [0.05, 0.1) is 24.1 Å². The molecule has 0 saturated carbocycles. The molecule has 98 valence electrons. The Morgan fingerprint density at radius 3 is 2.83 bits per heavy atom. The molecule has 4 N–H and O–H groups in total. The molecule has 1 saturated heterocycles. The molecule has 1 fully saturated rings. The Hall–Kier alpha value is -1.75. The Bertz CT molecular complexity index is 462. The minimum Gasteiger partial charge on any atom is -0.397 e. The number of nitrogen functional groups attached to an aromatic ring is 1. The number of benzene rings is 1. The van der Waals surface area contributed by atoms with Gasteiger partial charge < -0.3 is 21.1 Å². The van der Waals surface area contributed by atoms with Gasteiger partial charge in [0.15, 0.2) is 0 Å². The molecule has 1 aromatic carbocycles. The number of nitrogens with two attached hydrogens (primary N) is 2. The summed E-state index contributed by atoms with van der Waals surface area (Å²) >= 11 is 0. The molecule has 1 aliphatic rings. The van der Waals surface area contributed by atoms with Gasteiger partial charge in [-0.15, -0.1) is 0 Å². The maximum absolute atomic E-state index is 11.2. The van der Waals surface area contributed by atoms with E-state index in [1.54, 1.807) is 18.2 Å². The molecular formula is C13H19N3O2. The van der Waals surface area contributed by atoms with Gasteiger partial charge in [-0.2, -0.15) is 0 Å². The lowest BCUT2D eigenvalue weighted by Gasteiger charge is -2.39. The Kier molecular flexibility index (Phi) is 3.43. The second-order valence-corrected chi connectivity index (χ2v) is 4.78. The van der Waals surface area contributed by atoms with Gasteiger partial charge in [0, 0.05) is 18.2 Å². The second-order valence-electron chi connectivity index (χ2n) is 4.78. The lowest BCUT2D eigenvalue weighted by molar-refractivity contribution is 0.0344. The molecule has 5 heteroatoms. The molecule has 2 unspecified atom stereocenters. The van der Waals surface area contributed by atoms with Crippen LogP contribution in [0.2, 0.25) is 0 Å². The second kappa shape index (κ2) is 4.86. The van der Waals surface area contributed by atoms with E-state index < -0.39 is 5.91 Å². The molecule has 1 amide bonds. The van der Waals surface area contributed by atoms with Gasteiger partial charge >= 0.3 is 0 Å². The minimum absolute atomic E-state index is 0.151. The summed E-state index contributed by atoms with van der Waals surface area (Å²) in [6.07, 6.45) is 0.151. The fourth-order valence-electron chi connectivity index (χ4n) is 2.18. The third kappa shape index (κ3) is 2.41. The van der Waals surface area contributed by atoms with E-state index in [0.717, 1.165) is 12.2 Å². The zero-order valence-electron chi connectivity index (χ0n) is 10.7. The van der Waals surface area contributed by atoms with Crippen LogP contribution in [-0.2, 0) is 4.74 Å². The summed E-state index contributed by atoms with van der Waals surface area (Å²) in [7, 11) is 0. The lowest BCUT2D eigenvalue weighted by atomic mass is 10.1. The minimum atomic E-state index is -0.440. The van der Waals surface area contributed by atoms with E-state index in [-0.39, 0.29) is 12.1 Å². The van der Waals surface area contributed by atoms with Crippen LogP contribution in [0.5, 0.6) is 0 Å². The van der Waals surface area contributed by atoms with Crippen molar-refractivity contribution in [2.45, 2.75) is 26.0 Å². The quantitative estimate of drug-likeness (QED) is 0.765. The summed E-state index contributed by atoms with van der Waals surface area (Å²) < 4.78 is 5.59. The first-order chi connectivity index (χ1) is 8.49. The number of carbonyl (C=O) groups excluding carboxylic acids is 1. The number of hydrogen-bond acceptors (Lipinski definition) is 4. The van der Waals surface area contributed by atoms with E-state index in [9.17, 15) is 4.79 Å². The highest BCUT2D eigenvalue weighted by molar-refractivity contribution is 5.95. The van der Waals surface area contributed by atoms with Gasteiger partial charge in [0.2, 0.25) is 5.91 Å². The molecule has 0 aliphatic carbocycles. The Morgan fingerprint density at radius 1 is 1.44 bits per heavy atom. The van der Waals surface area contributed by atoms with Crippen molar-refractivity contribution >= 4 is 17.3 Å². The average Bonchev–Trinajstić information content (AvgIpc) is 2.33. The molecule has 0 bridgehead atoms. The average molecular weight is 249 g/mol. The van der Waals surface area contributed by atoms with Gasteiger partial charge in [-0.1, -0.05) is 0 Å². The van der Waals surface area contributed by atoms with E-state index >= 15 is 0 Å². The van der Waals surface area contributed by atoms with Crippen LogP contribution in [0, 0.1) is 0 Å². The molecule has 0 radical (unpaired) electrons. The third-order valence-electron chi connectivity index (χ3n) is 3.23. The Morgan fingerprint density at radius 2 is 2.17 bits per heavy atom. The summed E-state index contributed by atoms with van der Waals surface area (Å²) in [5, 5.41) is 0. The first kappa shape index (κ1) is 12.7. The zero-order chi connectivity index (χ0) is 13.3. The van der Waals surface area contributed by atoms with E-state index in [2.05, 4.69) is 11.8 Å². The molecular weight excluding hydrogens is 230 g/mol. The number of hydrogen-bond donors (Lipinski definition) is 2. The summed E-state index contributed by atoms with van der Waals surface area (Å²) in [5.41, 5.74) is 13.3. The SMILES string of the molecule is CC1CN(c2cc(C(N)=O)ccc2N)C(C)CO1. The standard InChI is InChI=1S/C13H19N3O2/c1-8-7-18-9(2)6-16(8)12-5-10(13(15)17)3-4-11(12)14/h3-5,8-9H,6-7,14H2,1-2H3,(H2,15,17). The number of rotatable bonds is 2. The van der Waals surface area contributed by atoms with Crippen molar-refractivity contribution in [1.29, 1.82) is 0 Å². The topological polar surface area (TPSA) is 81.6 Å². The predicted molar refractivity (Wildman–Crippen MR) is 71.6 cm³/mol. The molecule has 0 aromatic heterocycles. The number of carbonyl (C=O) groups is 1. The first-order valence-corrected chi connectivity index (χ1v) is 6.06. The Labute approximate surface area is 107 Å². The number of ether oxygens (including phenoxy) is 1. The van der Waals surface area contributed by atoms with E-state index in [1.807, 2.05) is 6.92 Å². The van der Waals surface area contributed by atoms with Crippen LogP contribution < -0.4 is 16.4 Å². The van der Waals surface area contributed by atoms with Crippen molar-refractivity contribution in [2.75, 3.05) is 23.8 Å². The summed E-state index contributed by atoms with van der Waals surface area (Å²) in [4.78, 5) is 13.4. The number of primary amides is 1. The van der Waals surface area contributed by atoms with Crippen molar-refractivity contribution in [1.82, 2.24) is 0 Å². The fourth-order valence-corrected chi connectivity index (χ4v) is 2.18. The maximum Gasteiger partial charge on any atom is 0.248 e. The van der Waals surface area contributed by atoms with E-state index in [0.29, 0.717) is 17.9 Å². The van der Waals surface area contributed by atoms with Gasteiger partial charge in [-0.25, -0.2) is 0 Å². The van der Waals surface area contributed by atoms with Crippen LogP contribution in [0.4, 0.5) is 11.4 Å². The van der Waals surface area contributed by atoms with Crippen LogP contribution in [0.3, 0.4) is 0 Å². The van der Waals surface area contributed by atoms with Crippen LogP contribution in [-0.4, -0.2) is 31.2 Å². The third-order valence-corrected chi connectivity index (χ3v) is 3.23. The lowest BCUT2D eigenvalue weighted by Crippen LogP contribution is -2.47. The molecule has 0 spiro atoms. The van der Waals surface area contributed by atoms with Crippen molar-refractivity contribution in [3.05, 3.63) is 23.8 Å². The maximum atomic E-state index is 11.2. The summed E-state index contributed by atoms with van der Waals surface area (Å²) in [6, 6.07) is 5.36. The normalized spacial score (nSPS) is 24.0. The number of anilines is 2. The summed E-state index contributed by atoms with van der Waals surface area (Å²) in [6.45, 7) is 5.50. The highest BCUT2D eigenvalue weighted by Crippen LogP contribution is 2.28. The highest BCUT2D eigenvalue weighted by atomic mass is 16.5. The highest BCUT2D eigenvalue weighted by Gasteiger charge is 2.25. The number of morpholine rings is 1. The van der Waals surface area contributed by atoms with E-state index in [4.69, 9.17) is 16.2 Å². The fraction of sp³-hybridized carbons (Fsp3) is 0.462. The number of amides is 1. The van der Waals surface area contributed by atoms with Crippen molar-refractivity contribution in [2.24, 2.45) is 5.73 Å². The van der Waals surface area contributed by atoms with Crippen LogP contribution in [0.25, 0.3) is 0 Å². The van der Waals surface area contributed by atoms with Crippen LogP contribution in [0.15, 0.2) is 18.2 Å². The molecule has 1 aromatic rings. The molecule has 1 aliphatic heterocycles. The smallest absolute Gasteiger partial charge is 0.248 e. The van der Waals surface area contributed by atoms with Crippen LogP contribution >= 0.6 is 0 Å². The molecule has 1 heterocycles. The van der Waals surface area contributed by atoms with Crippen molar-refractivity contribution in [3.63, 3.8) is 0 Å². The predicted octanol–water partition coefficient (Wildman–Crippen LogP) is 0.981. The largest absolute Gasteiger partial charge is 0.397 e. The molecule has 2 atom stereocenters. The van der Waals surface area contributed by atoms with E-state index in [1.165, 1.54) is 0 Å². The molecule has 18 heavy (non-hydrogen) atoms. The first-order valence-electron chi connectivity index (χ1n) is 6.06. The van der Waals surface area contributed by atoms with Crippen LogP contribution in [0.1, 0.15) is 24.2 Å². The number of nitrogens with zero attached hydrogens (tertiary/aromatic N) is 1. The van der Waals surface area contributed by atoms with Crippen molar-refractivity contribution < 1.29 is 9.53 Å². The van der Waals surface area contributed by atoms with Crippen molar-refractivity contribution in [3.8, 4) is 0 Å².